The van der Waals surface area contributed by atoms with Crippen LogP contribution in [0.4, 0.5) is 0 Å². The summed E-state index contributed by atoms with van der Waals surface area (Å²) in [5.41, 5.74) is -0.552. The normalized spacial score (nSPS) is 25.8. The lowest BCUT2D eigenvalue weighted by Gasteiger charge is -2.39. The second-order valence-electron chi connectivity index (χ2n) is 8.39. The predicted molar refractivity (Wildman–Crippen MR) is 92.5 cm³/mol. The molecule has 2 atom stereocenters. The summed E-state index contributed by atoms with van der Waals surface area (Å²) in [6.07, 6.45) is 6.01. The molecule has 0 spiro atoms. The van der Waals surface area contributed by atoms with Gasteiger partial charge < -0.3 is 15.3 Å². The van der Waals surface area contributed by atoms with Crippen LogP contribution in [0.1, 0.15) is 58.1 Å². The van der Waals surface area contributed by atoms with Crippen molar-refractivity contribution in [1.29, 1.82) is 0 Å². The van der Waals surface area contributed by atoms with E-state index in [0.717, 1.165) is 12.0 Å². The molecule has 7 nitrogen and oxygen atoms in total. The lowest BCUT2D eigenvalue weighted by Crippen LogP contribution is -2.52. The molecular weight excluding hydrogens is 320 g/mol. The van der Waals surface area contributed by atoms with Gasteiger partial charge in [0.1, 0.15) is 5.60 Å². The summed E-state index contributed by atoms with van der Waals surface area (Å²) in [6, 6.07) is -0.127. The molecule has 1 saturated heterocycles. The maximum absolute atomic E-state index is 12.7. The summed E-state index contributed by atoms with van der Waals surface area (Å²) >= 11 is 0. The molecule has 1 aliphatic heterocycles. The molecule has 3 rings (SSSR count). The van der Waals surface area contributed by atoms with Gasteiger partial charge in [0.15, 0.2) is 0 Å². The lowest BCUT2D eigenvalue weighted by atomic mass is 9.79. The molecular formula is C18H28N4O3. The first-order valence-corrected chi connectivity index (χ1v) is 8.93. The molecule has 1 aromatic heterocycles. The number of likely N-dealkylation sites (tertiary alicyclic amines) is 1. The van der Waals surface area contributed by atoms with Gasteiger partial charge in [0, 0.05) is 43.2 Å². The van der Waals surface area contributed by atoms with Gasteiger partial charge in [-0.2, -0.15) is 5.10 Å². The highest BCUT2D eigenvalue weighted by atomic mass is 16.3. The Morgan fingerprint density at radius 1 is 1.44 bits per heavy atom. The Morgan fingerprint density at radius 3 is 2.60 bits per heavy atom. The van der Waals surface area contributed by atoms with E-state index in [-0.39, 0.29) is 29.3 Å². The number of aliphatic hydroxyl groups is 1. The van der Waals surface area contributed by atoms with Crippen molar-refractivity contribution in [3.63, 3.8) is 0 Å². The molecule has 2 N–H and O–H groups in total. The van der Waals surface area contributed by atoms with Gasteiger partial charge in [0.25, 0.3) is 5.91 Å². The zero-order chi connectivity index (χ0) is 18.4. The third-order valence-electron chi connectivity index (χ3n) is 5.35. The van der Waals surface area contributed by atoms with Crippen molar-refractivity contribution >= 4 is 11.8 Å². The number of aromatic nitrogens is 2. The second-order valence-corrected chi connectivity index (χ2v) is 8.39. The van der Waals surface area contributed by atoms with Gasteiger partial charge in [0.2, 0.25) is 5.91 Å². The van der Waals surface area contributed by atoms with E-state index in [4.69, 9.17) is 0 Å². The van der Waals surface area contributed by atoms with Crippen LogP contribution >= 0.6 is 0 Å². The first-order valence-electron chi connectivity index (χ1n) is 8.93. The number of nitrogens with one attached hydrogen (secondary N) is 1. The van der Waals surface area contributed by atoms with Gasteiger partial charge in [0.05, 0.1) is 12.2 Å². The van der Waals surface area contributed by atoms with Gasteiger partial charge in [-0.3, -0.25) is 14.3 Å². The fraction of sp³-hybridized carbons (Fsp3) is 0.722. The van der Waals surface area contributed by atoms with Crippen LogP contribution in [-0.2, 0) is 16.6 Å². The van der Waals surface area contributed by atoms with Crippen LogP contribution in [0.2, 0.25) is 0 Å². The van der Waals surface area contributed by atoms with E-state index in [2.05, 4.69) is 10.4 Å². The molecule has 2 aliphatic rings. The summed E-state index contributed by atoms with van der Waals surface area (Å²) in [5, 5.41) is 17.3. The topological polar surface area (TPSA) is 87.5 Å². The number of hydrogen-bond donors (Lipinski definition) is 2. The number of amides is 2. The lowest BCUT2D eigenvalue weighted by molar-refractivity contribution is -0.148. The molecule has 2 amide bonds. The zero-order valence-electron chi connectivity index (χ0n) is 15.5. The Morgan fingerprint density at radius 2 is 2.12 bits per heavy atom. The van der Waals surface area contributed by atoms with Crippen molar-refractivity contribution in [2.24, 2.45) is 13.0 Å². The standard InChI is InChI=1S/C18H28N4O3/c1-17(2,3)22-14(23)8-12(15(22)13-10-20-21(4)11-13)9-19-16(24)18(25)6-5-7-18/h10-12,15,25H,5-9H2,1-4H3,(H,19,24)/t12-,15+/m1/s1. The zero-order valence-corrected chi connectivity index (χ0v) is 15.5. The SMILES string of the molecule is Cn1cc([C@@H]2[C@@H](CNC(=O)C3(O)CCC3)CC(=O)N2C(C)(C)C)cn1. The van der Waals surface area contributed by atoms with E-state index in [1.165, 1.54) is 0 Å². The first-order chi connectivity index (χ1) is 11.6. The van der Waals surface area contributed by atoms with Gasteiger partial charge in [-0.25, -0.2) is 0 Å². The van der Waals surface area contributed by atoms with Gasteiger partial charge >= 0.3 is 0 Å². The van der Waals surface area contributed by atoms with Crippen molar-refractivity contribution in [2.45, 2.75) is 63.6 Å². The Bertz CT molecular complexity index is 672. The summed E-state index contributed by atoms with van der Waals surface area (Å²) in [5.74, 6) is -0.267. The van der Waals surface area contributed by atoms with Crippen molar-refractivity contribution in [1.82, 2.24) is 20.0 Å². The molecule has 138 valence electrons. The van der Waals surface area contributed by atoms with E-state index < -0.39 is 5.60 Å². The summed E-state index contributed by atoms with van der Waals surface area (Å²) in [7, 11) is 1.85. The van der Waals surface area contributed by atoms with Crippen LogP contribution in [0.15, 0.2) is 12.4 Å². The van der Waals surface area contributed by atoms with Crippen LogP contribution in [0.25, 0.3) is 0 Å². The molecule has 0 aromatic carbocycles. The average Bonchev–Trinajstić information content (AvgIpc) is 3.04. The van der Waals surface area contributed by atoms with E-state index in [0.29, 0.717) is 25.8 Å². The summed E-state index contributed by atoms with van der Waals surface area (Å²) in [4.78, 5) is 26.8. The molecule has 1 saturated carbocycles. The number of aryl methyl sites for hydroxylation is 1. The minimum absolute atomic E-state index is 0.0384. The van der Waals surface area contributed by atoms with Crippen LogP contribution in [0, 0.1) is 5.92 Å². The van der Waals surface area contributed by atoms with E-state index >= 15 is 0 Å². The third kappa shape index (κ3) is 3.29. The second kappa shape index (κ2) is 6.12. The molecule has 0 bridgehead atoms. The minimum atomic E-state index is -1.21. The summed E-state index contributed by atoms with van der Waals surface area (Å²) < 4.78 is 1.73. The molecule has 7 heteroatoms. The smallest absolute Gasteiger partial charge is 0.251 e. The Hall–Kier alpha value is -1.89. The fourth-order valence-electron chi connectivity index (χ4n) is 3.92. The Kier molecular flexibility index (Phi) is 4.39. The van der Waals surface area contributed by atoms with Crippen LogP contribution < -0.4 is 5.32 Å². The Balaban J connectivity index is 1.79. The monoisotopic (exact) mass is 348 g/mol. The molecule has 0 unspecified atom stereocenters. The summed E-state index contributed by atoms with van der Waals surface area (Å²) in [6.45, 7) is 6.43. The van der Waals surface area contributed by atoms with E-state index in [9.17, 15) is 14.7 Å². The number of nitrogens with zero attached hydrogens (tertiary/aromatic N) is 3. The van der Waals surface area contributed by atoms with Crippen molar-refractivity contribution < 1.29 is 14.7 Å². The number of rotatable bonds is 4. The maximum atomic E-state index is 12.7. The number of carbonyl (C=O) groups excluding carboxylic acids is 2. The highest BCUT2D eigenvalue weighted by molar-refractivity contribution is 5.86. The largest absolute Gasteiger partial charge is 0.380 e. The molecule has 1 aliphatic carbocycles. The molecule has 2 fully saturated rings. The maximum Gasteiger partial charge on any atom is 0.251 e. The Labute approximate surface area is 148 Å². The van der Waals surface area contributed by atoms with Gasteiger partial charge in [-0.05, 0) is 40.0 Å². The minimum Gasteiger partial charge on any atom is -0.380 e. The molecule has 25 heavy (non-hydrogen) atoms. The predicted octanol–water partition coefficient (Wildman–Crippen LogP) is 1.14. The molecule has 0 radical (unpaired) electrons. The quantitative estimate of drug-likeness (QED) is 0.854. The first kappa shape index (κ1) is 17.9. The highest BCUT2D eigenvalue weighted by Crippen LogP contribution is 2.42. The highest BCUT2D eigenvalue weighted by Gasteiger charge is 2.47. The number of hydrogen-bond acceptors (Lipinski definition) is 4. The van der Waals surface area contributed by atoms with Gasteiger partial charge in [-0.15, -0.1) is 0 Å². The van der Waals surface area contributed by atoms with Crippen molar-refractivity contribution in [3.05, 3.63) is 18.0 Å². The van der Waals surface area contributed by atoms with E-state index in [1.54, 1.807) is 10.9 Å². The molecule has 2 heterocycles. The van der Waals surface area contributed by atoms with Gasteiger partial charge in [-0.1, -0.05) is 0 Å². The van der Waals surface area contributed by atoms with Crippen molar-refractivity contribution in [2.75, 3.05) is 6.54 Å². The third-order valence-corrected chi connectivity index (χ3v) is 5.35. The van der Waals surface area contributed by atoms with Crippen LogP contribution in [-0.4, -0.2) is 49.3 Å². The number of carbonyl (C=O) groups is 2. The van der Waals surface area contributed by atoms with Crippen LogP contribution in [0.3, 0.4) is 0 Å². The van der Waals surface area contributed by atoms with Crippen molar-refractivity contribution in [3.8, 4) is 0 Å². The average molecular weight is 348 g/mol. The fourth-order valence-corrected chi connectivity index (χ4v) is 3.92. The van der Waals surface area contributed by atoms with Crippen LogP contribution in [0.5, 0.6) is 0 Å². The van der Waals surface area contributed by atoms with E-state index in [1.807, 2.05) is 38.9 Å². The molecule has 1 aromatic rings.